The van der Waals surface area contributed by atoms with E-state index >= 15 is 4.39 Å². The number of fused-ring (bicyclic) bond motifs is 6. The molecule has 4 heteroatoms. The molecule has 11 rings (SSSR count). The molecule has 0 saturated carbocycles. The lowest BCUT2D eigenvalue weighted by Crippen LogP contribution is -2.10. The Morgan fingerprint density at radius 3 is 1.43 bits per heavy atom. The molecule has 0 aliphatic rings. The van der Waals surface area contributed by atoms with E-state index in [0.717, 1.165) is 88.8 Å². The van der Waals surface area contributed by atoms with Gasteiger partial charge in [-0.05, 0) is 82.9 Å². The van der Waals surface area contributed by atoms with Gasteiger partial charge in [-0.2, -0.15) is 0 Å². The van der Waals surface area contributed by atoms with Gasteiger partial charge in [0.05, 0.1) is 11.0 Å². The van der Waals surface area contributed by atoms with E-state index in [9.17, 15) is 0 Å². The number of halogens is 1. The zero-order valence-electron chi connectivity index (χ0n) is 31.4. The normalized spacial score (nSPS) is 11.5. The number of hydrogen-bond donors (Lipinski definition) is 0. The molecule has 0 aliphatic carbocycles. The van der Waals surface area contributed by atoms with Crippen LogP contribution in [-0.2, 0) is 0 Å². The zero-order valence-corrected chi connectivity index (χ0v) is 31.4. The molecule has 0 N–H and O–H groups in total. The van der Waals surface area contributed by atoms with Crippen molar-refractivity contribution in [2.75, 3.05) is 4.90 Å². The minimum Gasteiger partial charge on any atom is -0.455 e. The highest BCUT2D eigenvalue weighted by Gasteiger charge is 2.19. The fourth-order valence-electron chi connectivity index (χ4n) is 8.56. The summed E-state index contributed by atoms with van der Waals surface area (Å²) in [5, 5.41) is 4.12. The van der Waals surface area contributed by atoms with Gasteiger partial charge in [0.2, 0.25) is 0 Å². The molecule has 0 radical (unpaired) electrons. The average molecular weight is 747 g/mol. The molecule has 0 aliphatic heterocycles. The molecule has 0 atom stereocenters. The Morgan fingerprint density at radius 1 is 0.362 bits per heavy atom. The van der Waals surface area contributed by atoms with Crippen molar-refractivity contribution < 1.29 is 8.81 Å². The first-order chi connectivity index (χ1) is 28.7. The quantitative estimate of drug-likeness (QED) is 0.162. The Hall–Kier alpha value is -7.69. The molecule has 0 saturated heterocycles. The lowest BCUT2D eigenvalue weighted by Gasteiger charge is -2.26. The number of benzene rings is 9. The average Bonchev–Trinajstić information content (AvgIpc) is 3.85. The van der Waals surface area contributed by atoms with Crippen LogP contribution in [0.2, 0.25) is 0 Å². The highest BCUT2D eigenvalue weighted by Crippen LogP contribution is 2.42. The van der Waals surface area contributed by atoms with Crippen molar-refractivity contribution in [2.45, 2.75) is 0 Å². The fraction of sp³-hybridized carbons (Fsp3) is 0. The maximum Gasteiger partial charge on any atom is 0.147 e. The summed E-state index contributed by atoms with van der Waals surface area (Å²) in [6.07, 6.45) is 0. The second-order valence-corrected chi connectivity index (χ2v) is 14.6. The molecular weight excluding hydrogens is 712 g/mol. The van der Waals surface area contributed by atoms with Crippen molar-refractivity contribution in [3.05, 3.63) is 218 Å². The van der Waals surface area contributed by atoms with Gasteiger partial charge in [-0.15, -0.1) is 0 Å². The van der Waals surface area contributed by atoms with E-state index in [-0.39, 0.29) is 5.82 Å². The second-order valence-electron chi connectivity index (χ2n) is 14.6. The molecule has 0 fully saturated rings. The summed E-state index contributed by atoms with van der Waals surface area (Å²) >= 11 is 0. The van der Waals surface area contributed by atoms with E-state index in [1.165, 1.54) is 11.6 Å². The molecule has 274 valence electrons. The summed E-state index contributed by atoms with van der Waals surface area (Å²) in [4.78, 5) is 2.27. The van der Waals surface area contributed by atoms with Crippen LogP contribution in [0.4, 0.5) is 21.5 Å². The minimum atomic E-state index is -0.243. The lowest BCUT2D eigenvalue weighted by molar-refractivity contribution is 0.635. The summed E-state index contributed by atoms with van der Waals surface area (Å²) in [5.41, 5.74) is 13.9. The monoisotopic (exact) mass is 746 g/mol. The summed E-state index contributed by atoms with van der Waals surface area (Å²) < 4.78 is 24.3. The number of anilines is 3. The van der Waals surface area contributed by atoms with Gasteiger partial charge < -0.3 is 13.9 Å². The van der Waals surface area contributed by atoms with Gasteiger partial charge >= 0.3 is 0 Å². The predicted octanol–water partition coefficient (Wildman–Crippen LogP) is 15.3. The van der Waals surface area contributed by atoms with E-state index in [2.05, 4.69) is 175 Å². The van der Waals surface area contributed by atoms with E-state index in [1.807, 2.05) is 34.9 Å². The van der Waals surface area contributed by atoms with Crippen LogP contribution in [0.1, 0.15) is 0 Å². The van der Waals surface area contributed by atoms with Crippen LogP contribution in [0.3, 0.4) is 0 Å². The van der Waals surface area contributed by atoms with E-state index in [0.29, 0.717) is 5.52 Å². The Bertz CT molecular complexity index is 3260. The second kappa shape index (κ2) is 13.8. The van der Waals surface area contributed by atoms with Gasteiger partial charge in [0.15, 0.2) is 0 Å². The maximum absolute atomic E-state index is 15.5. The van der Waals surface area contributed by atoms with Crippen molar-refractivity contribution in [1.29, 1.82) is 0 Å². The van der Waals surface area contributed by atoms with E-state index in [1.54, 1.807) is 6.07 Å². The van der Waals surface area contributed by atoms with Gasteiger partial charge in [-0.1, -0.05) is 152 Å². The zero-order chi connectivity index (χ0) is 38.6. The topological polar surface area (TPSA) is 21.3 Å². The van der Waals surface area contributed by atoms with Crippen LogP contribution in [0.5, 0.6) is 0 Å². The third-order valence-electron chi connectivity index (χ3n) is 11.3. The van der Waals surface area contributed by atoms with Crippen LogP contribution in [0.15, 0.2) is 217 Å². The fourth-order valence-corrected chi connectivity index (χ4v) is 8.56. The Morgan fingerprint density at radius 2 is 0.810 bits per heavy atom. The van der Waals surface area contributed by atoms with Crippen LogP contribution >= 0.6 is 0 Å². The van der Waals surface area contributed by atoms with Crippen molar-refractivity contribution in [1.82, 2.24) is 4.57 Å². The molecule has 0 spiro atoms. The summed E-state index contributed by atoms with van der Waals surface area (Å²) in [6.45, 7) is 0. The van der Waals surface area contributed by atoms with Gasteiger partial charge in [-0.25, -0.2) is 4.39 Å². The highest BCUT2D eigenvalue weighted by atomic mass is 19.1. The van der Waals surface area contributed by atoms with E-state index in [4.69, 9.17) is 4.42 Å². The minimum absolute atomic E-state index is 0.243. The molecule has 2 heterocycles. The van der Waals surface area contributed by atoms with Crippen LogP contribution in [-0.4, -0.2) is 4.57 Å². The van der Waals surface area contributed by atoms with Crippen molar-refractivity contribution in [3.63, 3.8) is 0 Å². The molecule has 9 aromatic carbocycles. The number of hydrogen-bond acceptors (Lipinski definition) is 2. The lowest BCUT2D eigenvalue weighted by atomic mass is 10.00. The SMILES string of the molecule is Fc1cccc2c3ccccc3n(-c3ccc(N(c4ccc(-c5ccccc5)cc4)c4ccc(-c5cccc6c5oc5c(-c7ccccc7)cccc56)cc4)cc3)c12. The molecule has 0 amide bonds. The predicted molar refractivity (Wildman–Crippen MR) is 239 cm³/mol. The maximum atomic E-state index is 15.5. The van der Waals surface area contributed by atoms with Crippen molar-refractivity contribution in [3.8, 4) is 39.1 Å². The number of nitrogens with zero attached hydrogens (tertiary/aromatic N) is 2. The Balaban J connectivity index is 1.01. The van der Waals surface area contributed by atoms with E-state index < -0.39 is 0 Å². The Labute approximate surface area is 335 Å². The first kappa shape index (κ1) is 33.6. The smallest absolute Gasteiger partial charge is 0.147 e. The first-order valence-corrected chi connectivity index (χ1v) is 19.5. The Kier molecular flexibility index (Phi) is 8.00. The standard InChI is InChI=1S/C54H35FN2O/c55-50-22-11-19-47-46-16-7-8-23-51(46)57(52(47)50)43-34-32-42(33-35-43)56(40-28-24-37(25-29-40)36-12-3-1-4-13-36)41-30-26-39(27-31-41)45-18-10-21-49-48-20-9-17-44(53(48)58-54(45)49)38-14-5-2-6-15-38/h1-35H. The molecule has 3 nitrogen and oxygen atoms in total. The molecule has 0 bridgehead atoms. The van der Waals surface area contributed by atoms with Gasteiger partial charge in [0, 0.05) is 55.4 Å². The summed E-state index contributed by atoms with van der Waals surface area (Å²) in [7, 11) is 0. The first-order valence-electron chi connectivity index (χ1n) is 19.5. The van der Waals surface area contributed by atoms with Crippen LogP contribution < -0.4 is 4.90 Å². The molecular formula is C54H35FN2O. The summed E-state index contributed by atoms with van der Waals surface area (Å²) in [5.74, 6) is -0.243. The largest absolute Gasteiger partial charge is 0.455 e. The molecule has 0 unspecified atom stereocenters. The molecule has 58 heavy (non-hydrogen) atoms. The third kappa shape index (κ3) is 5.57. The number of rotatable bonds is 7. The number of aromatic nitrogens is 1. The number of para-hydroxylation sites is 4. The third-order valence-corrected chi connectivity index (χ3v) is 11.3. The number of furan rings is 1. The van der Waals surface area contributed by atoms with Gasteiger partial charge in [0.25, 0.3) is 0 Å². The molecule has 2 aromatic heterocycles. The highest BCUT2D eigenvalue weighted by molar-refractivity contribution is 6.13. The van der Waals surface area contributed by atoms with Gasteiger partial charge in [0.1, 0.15) is 17.0 Å². The van der Waals surface area contributed by atoms with Crippen LogP contribution in [0.25, 0.3) is 82.8 Å². The summed E-state index contributed by atoms with van der Waals surface area (Å²) in [6, 6.07) is 72.8. The van der Waals surface area contributed by atoms with Crippen molar-refractivity contribution in [2.24, 2.45) is 0 Å². The van der Waals surface area contributed by atoms with Crippen LogP contribution in [0, 0.1) is 5.82 Å². The van der Waals surface area contributed by atoms with Gasteiger partial charge in [-0.3, -0.25) is 0 Å². The molecule has 11 aromatic rings. The van der Waals surface area contributed by atoms with Crippen molar-refractivity contribution >= 4 is 60.8 Å².